The summed E-state index contributed by atoms with van der Waals surface area (Å²) in [6.07, 6.45) is 5.48. The predicted octanol–water partition coefficient (Wildman–Crippen LogP) is 3.11. The van der Waals surface area contributed by atoms with Crippen LogP contribution in [0.25, 0.3) is 0 Å². The van der Waals surface area contributed by atoms with Crippen LogP contribution in [-0.2, 0) is 10.0 Å². The van der Waals surface area contributed by atoms with E-state index < -0.39 is 14.9 Å². The van der Waals surface area contributed by atoms with Gasteiger partial charge in [0.25, 0.3) is 10.9 Å². The summed E-state index contributed by atoms with van der Waals surface area (Å²) in [6.45, 7) is 1.95. The van der Waals surface area contributed by atoms with E-state index in [-0.39, 0.29) is 26.6 Å². The van der Waals surface area contributed by atoms with Gasteiger partial charge in [0.2, 0.25) is 15.9 Å². The Morgan fingerprint density at radius 2 is 1.84 bits per heavy atom. The Morgan fingerprint density at radius 1 is 1.13 bits per heavy atom. The van der Waals surface area contributed by atoms with Crippen molar-refractivity contribution in [1.29, 1.82) is 0 Å². The number of piperazine rings is 1. The quantitative estimate of drug-likeness (QED) is 0.465. The van der Waals surface area contributed by atoms with Crippen LogP contribution in [0.3, 0.4) is 0 Å². The number of likely N-dealkylation sites (N-methyl/N-ethyl adjacent to an activating group) is 1. The standard InChI is InChI=1S/C19H25N5O5S2/c1-22-9-11-23(12-10-22)31(27,28)15-7-8-17(16(13-15)24(25)26)30-19-21-20-18(29-19)14-5-3-2-4-6-14/h7-8,13-14H,2-6,9-12H2,1H3. The lowest BCUT2D eigenvalue weighted by Gasteiger charge is -2.31. The minimum atomic E-state index is -3.80. The second-order valence-electron chi connectivity index (χ2n) is 7.94. The zero-order chi connectivity index (χ0) is 22.0. The summed E-state index contributed by atoms with van der Waals surface area (Å²) in [4.78, 5) is 13.3. The van der Waals surface area contributed by atoms with Crippen LogP contribution in [-0.4, -0.2) is 66.0 Å². The van der Waals surface area contributed by atoms with Gasteiger partial charge in [-0.1, -0.05) is 19.3 Å². The fourth-order valence-electron chi connectivity index (χ4n) is 3.93. The van der Waals surface area contributed by atoms with Gasteiger partial charge in [-0.2, -0.15) is 4.31 Å². The maximum atomic E-state index is 13.0. The predicted molar refractivity (Wildman–Crippen MR) is 114 cm³/mol. The monoisotopic (exact) mass is 467 g/mol. The number of benzene rings is 1. The fraction of sp³-hybridized carbons (Fsp3) is 0.579. The van der Waals surface area contributed by atoms with Crippen LogP contribution < -0.4 is 0 Å². The highest BCUT2D eigenvalue weighted by molar-refractivity contribution is 7.99. The largest absolute Gasteiger partial charge is 0.415 e. The van der Waals surface area contributed by atoms with Crippen molar-refractivity contribution in [3.05, 3.63) is 34.2 Å². The van der Waals surface area contributed by atoms with E-state index in [1.54, 1.807) is 0 Å². The molecule has 0 unspecified atom stereocenters. The van der Waals surface area contributed by atoms with Crippen LogP contribution in [0.2, 0.25) is 0 Å². The molecule has 1 aliphatic heterocycles. The molecule has 12 heteroatoms. The number of sulfonamides is 1. The van der Waals surface area contributed by atoms with Crippen molar-refractivity contribution in [2.24, 2.45) is 0 Å². The van der Waals surface area contributed by atoms with Crippen LogP contribution in [0.1, 0.15) is 43.9 Å². The molecule has 1 saturated carbocycles. The van der Waals surface area contributed by atoms with Crippen molar-refractivity contribution in [1.82, 2.24) is 19.4 Å². The molecule has 31 heavy (non-hydrogen) atoms. The number of rotatable bonds is 6. The van der Waals surface area contributed by atoms with Crippen LogP contribution in [0.15, 0.2) is 37.6 Å². The SMILES string of the molecule is CN1CCN(S(=O)(=O)c2ccc(Sc3nnc(C4CCCCC4)o3)c([N+](=O)[O-])c2)CC1. The van der Waals surface area contributed by atoms with E-state index in [1.165, 1.54) is 22.9 Å². The highest BCUT2D eigenvalue weighted by Gasteiger charge is 2.30. The lowest BCUT2D eigenvalue weighted by molar-refractivity contribution is -0.388. The van der Waals surface area contributed by atoms with Crippen molar-refractivity contribution in [3.63, 3.8) is 0 Å². The molecule has 168 valence electrons. The van der Waals surface area contributed by atoms with E-state index in [1.807, 2.05) is 11.9 Å². The zero-order valence-corrected chi connectivity index (χ0v) is 18.9. The molecule has 1 saturated heterocycles. The highest BCUT2D eigenvalue weighted by atomic mass is 32.2. The smallest absolute Gasteiger partial charge is 0.284 e. The molecule has 0 spiro atoms. The first-order valence-electron chi connectivity index (χ1n) is 10.3. The van der Waals surface area contributed by atoms with Crippen molar-refractivity contribution >= 4 is 27.5 Å². The summed E-state index contributed by atoms with van der Waals surface area (Å²) in [5.74, 6) is 0.806. The van der Waals surface area contributed by atoms with Gasteiger partial charge < -0.3 is 9.32 Å². The van der Waals surface area contributed by atoms with Crippen molar-refractivity contribution in [3.8, 4) is 0 Å². The van der Waals surface area contributed by atoms with Crippen molar-refractivity contribution < 1.29 is 17.8 Å². The normalized spacial score (nSPS) is 19.5. The number of aromatic nitrogens is 2. The number of nitro groups is 1. The maximum absolute atomic E-state index is 13.0. The van der Waals surface area contributed by atoms with E-state index in [4.69, 9.17) is 4.42 Å². The Hall–Kier alpha value is -2.02. The summed E-state index contributed by atoms with van der Waals surface area (Å²) in [5.41, 5.74) is -0.294. The summed E-state index contributed by atoms with van der Waals surface area (Å²) < 4.78 is 33.0. The maximum Gasteiger partial charge on any atom is 0.284 e. The van der Waals surface area contributed by atoms with Crippen LogP contribution in [0.5, 0.6) is 0 Å². The molecule has 1 aromatic heterocycles. The van der Waals surface area contributed by atoms with E-state index in [0.717, 1.165) is 43.5 Å². The molecule has 0 atom stereocenters. The molecule has 0 amide bonds. The second kappa shape index (κ2) is 9.23. The lowest BCUT2D eigenvalue weighted by atomic mass is 9.89. The molecular weight excluding hydrogens is 442 g/mol. The Bertz CT molecular complexity index is 1040. The second-order valence-corrected chi connectivity index (χ2v) is 10.9. The number of nitrogens with zero attached hydrogens (tertiary/aromatic N) is 5. The minimum absolute atomic E-state index is 0.0819. The molecule has 0 N–H and O–H groups in total. The fourth-order valence-corrected chi connectivity index (χ4v) is 6.15. The van der Waals surface area contributed by atoms with Gasteiger partial charge >= 0.3 is 0 Å². The molecule has 2 heterocycles. The molecule has 2 aromatic rings. The number of hydrogen-bond donors (Lipinski definition) is 0. The third-order valence-corrected chi connectivity index (χ3v) is 8.60. The molecule has 4 rings (SSSR count). The average molecular weight is 468 g/mol. The van der Waals surface area contributed by atoms with E-state index >= 15 is 0 Å². The zero-order valence-electron chi connectivity index (χ0n) is 17.3. The summed E-state index contributed by atoms with van der Waals surface area (Å²) >= 11 is 0.986. The molecule has 1 aromatic carbocycles. The molecule has 0 radical (unpaired) electrons. The molecule has 2 fully saturated rings. The van der Waals surface area contributed by atoms with Gasteiger partial charge in [0.15, 0.2) is 0 Å². The van der Waals surface area contributed by atoms with Crippen LogP contribution in [0, 0.1) is 10.1 Å². The highest BCUT2D eigenvalue weighted by Crippen LogP contribution is 2.38. The number of nitro benzene ring substituents is 1. The van der Waals surface area contributed by atoms with Crippen LogP contribution >= 0.6 is 11.8 Å². The van der Waals surface area contributed by atoms with E-state index in [9.17, 15) is 18.5 Å². The Kier molecular flexibility index (Phi) is 6.60. The van der Waals surface area contributed by atoms with Crippen molar-refractivity contribution in [2.45, 2.75) is 53.0 Å². The third kappa shape index (κ3) is 4.92. The first kappa shape index (κ1) is 22.2. The summed E-state index contributed by atoms with van der Waals surface area (Å²) in [7, 11) is -1.87. The van der Waals surface area contributed by atoms with Gasteiger partial charge in [0.05, 0.1) is 14.7 Å². The molecule has 1 aliphatic carbocycles. The first-order valence-corrected chi connectivity index (χ1v) is 12.6. The van der Waals surface area contributed by atoms with Crippen LogP contribution in [0.4, 0.5) is 5.69 Å². The van der Waals surface area contributed by atoms with Gasteiger partial charge in [0.1, 0.15) is 0 Å². The van der Waals surface area contributed by atoms with Gasteiger partial charge in [-0.05, 0) is 43.8 Å². The van der Waals surface area contributed by atoms with Gasteiger partial charge in [0, 0.05) is 38.2 Å². The Labute approximate surface area is 185 Å². The number of hydrogen-bond acceptors (Lipinski definition) is 9. The third-order valence-electron chi connectivity index (χ3n) is 5.80. The summed E-state index contributed by atoms with van der Waals surface area (Å²) in [6, 6.07) is 3.96. The topological polar surface area (TPSA) is 123 Å². The van der Waals surface area contributed by atoms with Crippen molar-refractivity contribution in [2.75, 3.05) is 33.2 Å². The van der Waals surface area contributed by atoms with E-state index in [2.05, 4.69) is 10.2 Å². The van der Waals surface area contributed by atoms with Gasteiger partial charge in [-0.3, -0.25) is 10.1 Å². The first-order chi connectivity index (χ1) is 14.8. The molecule has 10 nitrogen and oxygen atoms in total. The summed E-state index contributed by atoms with van der Waals surface area (Å²) in [5, 5.41) is 20.0. The average Bonchev–Trinajstić information content (AvgIpc) is 3.23. The minimum Gasteiger partial charge on any atom is -0.415 e. The Morgan fingerprint density at radius 3 is 2.52 bits per heavy atom. The molecular formula is C19H25N5O5S2. The lowest BCUT2D eigenvalue weighted by Crippen LogP contribution is -2.47. The van der Waals surface area contributed by atoms with E-state index in [0.29, 0.717) is 32.1 Å². The van der Waals surface area contributed by atoms with Gasteiger partial charge in [-0.15, -0.1) is 10.2 Å². The molecule has 2 aliphatic rings. The van der Waals surface area contributed by atoms with Gasteiger partial charge in [-0.25, -0.2) is 8.42 Å². The molecule has 0 bridgehead atoms. The Balaban J connectivity index is 1.55.